The fourth-order valence-electron chi connectivity index (χ4n) is 3.85. The summed E-state index contributed by atoms with van der Waals surface area (Å²) in [5, 5.41) is 16.9. The van der Waals surface area contributed by atoms with E-state index in [2.05, 4.69) is 15.5 Å². The van der Waals surface area contributed by atoms with Gasteiger partial charge >= 0.3 is 0 Å². The first-order valence-electron chi connectivity index (χ1n) is 11.1. The monoisotopic (exact) mass is 523 g/mol. The second-order valence-corrected chi connectivity index (χ2v) is 8.84. The first-order chi connectivity index (χ1) is 17.3. The van der Waals surface area contributed by atoms with Crippen molar-refractivity contribution < 1.29 is 14.5 Å². The third-order valence-corrected chi connectivity index (χ3v) is 6.19. The zero-order chi connectivity index (χ0) is 25.7. The maximum absolute atomic E-state index is 12.7. The summed E-state index contributed by atoms with van der Waals surface area (Å²) in [5.41, 5.74) is 2.01. The first-order valence-corrected chi connectivity index (χ1v) is 11.9. The molecule has 1 fully saturated rings. The van der Waals surface area contributed by atoms with Crippen molar-refractivity contribution in [2.24, 2.45) is 0 Å². The number of hydrogen-bond acceptors (Lipinski definition) is 6. The lowest BCUT2D eigenvalue weighted by molar-refractivity contribution is -0.384. The number of thiocarbonyl (C=S) groups is 1. The minimum atomic E-state index is -0.572. The van der Waals surface area contributed by atoms with Crippen LogP contribution in [0.2, 0.25) is 5.02 Å². The van der Waals surface area contributed by atoms with Gasteiger partial charge in [0.15, 0.2) is 5.11 Å². The molecule has 9 nitrogen and oxygen atoms in total. The molecule has 0 atom stereocenters. The third kappa shape index (κ3) is 5.96. The Morgan fingerprint density at radius 3 is 2.28 bits per heavy atom. The number of rotatable bonds is 5. The summed E-state index contributed by atoms with van der Waals surface area (Å²) in [5.74, 6) is -0.552. The number of nitrogens with zero attached hydrogens (tertiary/aromatic N) is 3. The Labute approximate surface area is 217 Å². The number of nitro benzene ring substituents is 1. The number of non-ortho nitro benzene ring substituents is 1. The van der Waals surface area contributed by atoms with Crippen LogP contribution in [0.5, 0.6) is 0 Å². The Kier molecular flexibility index (Phi) is 7.77. The highest BCUT2D eigenvalue weighted by Crippen LogP contribution is 2.30. The molecule has 2 amide bonds. The van der Waals surface area contributed by atoms with Gasteiger partial charge < -0.3 is 15.1 Å². The van der Waals surface area contributed by atoms with Crippen molar-refractivity contribution in [2.45, 2.75) is 0 Å². The Morgan fingerprint density at radius 1 is 0.917 bits per heavy atom. The zero-order valence-electron chi connectivity index (χ0n) is 19.0. The molecule has 1 saturated heterocycles. The van der Waals surface area contributed by atoms with Gasteiger partial charge in [0.25, 0.3) is 17.5 Å². The van der Waals surface area contributed by atoms with E-state index >= 15 is 0 Å². The van der Waals surface area contributed by atoms with Gasteiger partial charge in [0, 0.05) is 55.1 Å². The number of halogens is 1. The summed E-state index contributed by atoms with van der Waals surface area (Å²) >= 11 is 11.7. The number of anilines is 2. The smallest absolute Gasteiger partial charge is 0.270 e. The fraction of sp³-hybridized carbons (Fsp3) is 0.160. The van der Waals surface area contributed by atoms with Crippen molar-refractivity contribution in [1.82, 2.24) is 10.2 Å². The largest absolute Gasteiger partial charge is 0.367 e. The summed E-state index contributed by atoms with van der Waals surface area (Å²) in [6.07, 6.45) is 0. The molecule has 3 aromatic rings. The van der Waals surface area contributed by atoms with Crippen LogP contribution < -0.4 is 15.5 Å². The van der Waals surface area contributed by atoms with E-state index in [1.807, 2.05) is 41.3 Å². The molecular weight excluding hydrogens is 502 g/mol. The molecule has 0 radical (unpaired) electrons. The molecule has 1 aliphatic heterocycles. The fourth-order valence-corrected chi connectivity index (χ4v) is 4.36. The Bertz CT molecular complexity index is 1310. The standard InChI is InChI=1S/C25H22ClN5O4S/c26-21-16-19(27-25(36)28-23(32)18-7-4-8-20(15-18)31(34)35)9-10-22(21)29-11-13-30(14-12-29)24(33)17-5-2-1-3-6-17/h1-10,15-16H,11-14H2,(H2,27,28,32,36). The minimum absolute atomic E-state index is 0.0153. The Balaban J connectivity index is 1.33. The van der Waals surface area contributed by atoms with Crippen molar-refractivity contribution >= 4 is 57.8 Å². The van der Waals surface area contributed by atoms with Crippen LogP contribution in [0.1, 0.15) is 20.7 Å². The van der Waals surface area contributed by atoms with E-state index < -0.39 is 10.8 Å². The van der Waals surface area contributed by atoms with Gasteiger partial charge in [-0.05, 0) is 48.6 Å². The van der Waals surface area contributed by atoms with Crippen LogP contribution in [0.3, 0.4) is 0 Å². The van der Waals surface area contributed by atoms with Crippen LogP contribution in [0.25, 0.3) is 0 Å². The van der Waals surface area contributed by atoms with Gasteiger partial charge in [0.2, 0.25) is 0 Å². The van der Waals surface area contributed by atoms with E-state index in [4.69, 9.17) is 23.8 Å². The molecule has 0 unspecified atom stereocenters. The van der Waals surface area contributed by atoms with Crippen LogP contribution in [0.4, 0.5) is 17.1 Å². The number of nitrogens with one attached hydrogen (secondary N) is 2. The molecule has 1 aliphatic rings. The van der Waals surface area contributed by atoms with E-state index in [0.29, 0.717) is 42.5 Å². The molecule has 2 N–H and O–H groups in total. The highest BCUT2D eigenvalue weighted by atomic mass is 35.5. The van der Waals surface area contributed by atoms with Crippen LogP contribution in [0, 0.1) is 10.1 Å². The van der Waals surface area contributed by atoms with Gasteiger partial charge in [-0.15, -0.1) is 0 Å². The predicted octanol–water partition coefficient (Wildman–Crippen LogP) is 4.34. The highest BCUT2D eigenvalue weighted by Gasteiger charge is 2.23. The van der Waals surface area contributed by atoms with Crippen molar-refractivity contribution in [3.05, 3.63) is 99.1 Å². The van der Waals surface area contributed by atoms with Gasteiger partial charge in [0.1, 0.15) is 0 Å². The molecule has 3 aromatic carbocycles. The summed E-state index contributed by atoms with van der Waals surface area (Å²) in [6, 6.07) is 19.9. The molecule has 1 heterocycles. The number of amides is 2. The molecule has 11 heteroatoms. The molecule has 4 rings (SSSR count). The maximum atomic E-state index is 12.7. The lowest BCUT2D eigenvalue weighted by Crippen LogP contribution is -2.48. The normalized spacial score (nSPS) is 13.1. The molecular formula is C25H22ClN5O4S. The van der Waals surface area contributed by atoms with E-state index in [1.165, 1.54) is 24.3 Å². The SMILES string of the molecule is O=C(NC(=S)Nc1ccc(N2CCN(C(=O)c3ccccc3)CC2)c(Cl)c1)c1cccc([N+](=O)[O-])c1. The summed E-state index contributed by atoms with van der Waals surface area (Å²) in [4.78, 5) is 39.4. The first kappa shape index (κ1) is 25.1. The van der Waals surface area contributed by atoms with Gasteiger partial charge in [-0.25, -0.2) is 0 Å². The minimum Gasteiger partial charge on any atom is -0.367 e. The molecule has 36 heavy (non-hydrogen) atoms. The molecule has 0 aromatic heterocycles. The summed E-state index contributed by atoms with van der Waals surface area (Å²) in [6.45, 7) is 2.45. The number of carbonyl (C=O) groups excluding carboxylic acids is 2. The van der Waals surface area contributed by atoms with E-state index in [0.717, 1.165) is 5.69 Å². The van der Waals surface area contributed by atoms with E-state index in [-0.39, 0.29) is 22.3 Å². The summed E-state index contributed by atoms with van der Waals surface area (Å²) in [7, 11) is 0. The van der Waals surface area contributed by atoms with Gasteiger partial charge in [-0.3, -0.25) is 25.0 Å². The topological polar surface area (TPSA) is 108 Å². The van der Waals surface area contributed by atoms with Crippen molar-refractivity contribution in [3.63, 3.8) is 0 Å². The second-order valence-electron chi connectivity index (χ2n) is 8.03. The van der Waals surface area contributed by atoms with E-state index in [1.54, 1.807) is 12.1 Å². The highest BCUT2D eigenvalue weighted by molar-refractivity contribution is 7.80. The van der Waals surface area contributed by atoms with Gasteiger partial charge in [-0.2, -0.15) is 0 Å². The average Bonchev–Trinajstić information content (AvgIpc) is 2.89. The molecule has 0 aliphatic carbocycles. The van der Waals surface area contributed by atoms with Crippen molar-refractivity contribution in [3.8, 4) is 0 Å². The molecule has 184 valence electrons. The lowest BCUT2D eigenvalue weighted by Gasteiger charge is -2.36. The Morgan fingerprint density at radius 2 is 1.61 bits per heavy atom. The lowest BCUT2D eigenvalue weighted by atomic mass is 10.1. The average molecular weight is 524 g/mol. The summed E-state index contributed by atoms with van der Waals surface area (Å²) < 4.78 is 0. The molecule has 0 saturated carbocycles. The number of piperazine rings is 1. The van der Waals surface area contributed by atoms with E-state index in [9.17, 15) is 19.7 Å². The van der Waals surface area contributed by atoms with Gasteiger partial charge in [-0.1, -0.05) is 35.9 Å². The zero-order valence-corrected chi connectivity index (χ0v) is 20.6. The number of carbonyl (C=O) groups is 2. The van der Waals surface area contributed by atoms with Crippen LogP contribution in [-0.4, -0.2) is 52.9 Å². The third-order valence-electron chi connectivity index (χ3n) is 5.68. The number of benzene rings is 3. The second kappa shape index (κ2) is 11.1. The maximum Gasteiger partial charge on any atom is 0.270 e. The number of hydrogen-bond donors (Lipinski definition) is 2. The van der Waals surface area contributed by atoms with Gasteiger partial charge in [0.05, 0.1) is 15.6 Å². The van der Waals surface area contributed by atoms with Crippen LogP contribution >= 0.6 is 23.8 Å². The molecule has 0 bridgehead atoms. The van der Waals surface area contributed by atoms with Crippen molar-refractivity contribution in [2.75, 3.05) is 36.4 Å². The Hall–Kier alpha value is -4.02. The quantitative estimate of drug-likeness (QED) is 0.291. The van der Waals surface area contributed by atoms with Crippen molar-refractivity contribution in [1.29, 1.82) is 0 Å². The van der Waals surface area contributed by atoms with Crippen LogP contribution in [0.15, 0.2) is 72.8 Å². The van der Waals surface area contributed by atoms with Crippen LogP contribution in [-0.2, 0) is 0 Å². The number of nitro groups is 1. The predicted molar refractivity (Wildman–Crippen MR) is 143 cm³/mol. The molecule has 0 spiro atoms.